The Kier molecular flexibility index (Phi) is 5.63. The van der Waals surface area contributed by atoms with Gasteiger partial charge in [-0.1, -0.05) is 37.3 Å². The van der Waals surface area contributed by atoms with Gasteiger partial charge >= 0.3 is 0 Å². The molecule has 1 heterocycles. The smallest absolute Gasteiger partial charge is 0.266 e. The van der Waals surface area contributed by atoms with E-state index in [0.717, 1.165) is 12.1 Å². The molecule has 0 atom stereocenters. The summed E-state index contributed by atoms with van der Waals surface area (Å²) in [6.45, 7) is 2.62. The van der Waals surface area contributed by atoms with Crippen molar-refractivity contribution in [1.82, 2.24) is 4.90 Å². The van der Waals surface area contributed by atoms with Crippen LogP contribution in [0, 0.1) is 0 Å². The number of phenols is 1. The largest absolute Gasteiger partial charge is 0.504 e. The van der Waals surface area contributed by atoms with Crippen molar-refractivity contribution in [2.45, 2.75) is 13.3 Å². The number of nitrogens with zero attached hydrogens (tertiary/aromatic N) is 2. The third-order valence-corrected chi connectivity index (χ3v) is 4.86. The first-order valence-electron chi connectivity index (χ1n) is 8.35. The standard InChI is InChI=1S/C20H20N2O3S/c1-3-12-22-19(24)17(13-14-8-7-11-16(25-2)18(14)23)26-20(22)21-15-9-5-4-6-10-15/h4-11,13,23H,3,12H2,1-2H3. The Labute approximate surface area is 157 Å². The van der Waals surface area contributed by atoms with Crippen LogP contribution in [0.3, 0.4) is 0 Å². The van der Waals surface area contributed by atoms with Crippen molar-refractivity contribution in [3.63, 3.8) is 0 Å². The second-order valence-corrected chi connectivity index (χ2v) is 6.70. The van der Waals surface area contributed by atoms with Crippen molar-refractivity contribution >= 4 is 34.6 Å². The van der Waals surface area contributed by atoms with Gasteiger partial charge in [-0.3, -0.25) is 9.69 Å². The molecule has 0 spiro atoms. The van der Waals surface area contributed by atoms with E-state index in [1.807, 2.05) is 37.3 Å². The molecule has 0 aromatic heterocycles. The number of rotatable bonds is 5. The SMILES string of the molecule is CCCN1C(=O)C(=Cc2cccc(OC)c2O)SC1=Nc1ccccc1. The van der Waals surface area contributed by atoms with E-state index in [1.54, 1.807) is 29.2 Å². The molecule has 1 N–H and O–H groups in total. The maximum absolute atomic E-state index is 12.8. The number of aliphatic imine (C=N–C) groups is 1. The molecular formula is C20H20N2O3S. The molecule has 2 aromatic rings. The molecule has 2 aromatic carbocycles. The quantitative estimate of drug-likeness (QED) is 0.794. The van der Waals surface area contributed by atoms with Crippen LogP contribution in [-0.4, -0.2) is 34.7 Å². The highest BCUT2D eigenvalue weighted by Crippen LogP contribution is 2.37. The topological polar surface area (TPSA) is 62.1 Å². The number of para-hydroxylation sites is 2. The van der Waals surface area contributed by atoms with Crippen LogP contribution in [-0.2, 0) is 4.79 Å². The highest BCUT2D eigenvalue weighted by Gasteiger charge is 2.33. The molecule has 3 rings (SSSR count). The maximum Gasteiger partial charge on any atom is 0.266 e. The van der Waals surface area contributed by atoms with Gasteiger partial charge < -0.3 is 9.84 Å². The molecule has 1 fully saturated rings. The number of ether oxygens (including phenoxy) is 1. The fourth-order valence-corrected chi connectivity index (χ4v) is 3.60. The van der Waals surface area contributed by atoms with Crippen molar-refractivity contribution in [3.8, 4) is 11.5 Å². The lowest BCUT2D eigenvalue weighted by Gasteiger charge is -2.13. The number of phenolic OH excluding ortho intramolecular Hbond substituents is 1. The molecule has 1 saturated heterocycles. The Hall–Kier alpha value is -2.73. The lowest BCUT2D eigenvalue weighted by Crippen LogP contribution is -2.29. The summed E-state index contributed by atoms with van der Waals surface area (Å²) in [6, 6.07) is 14.7. The van der Waals surface area contributed by atoms with Crippen molar-refractivity contribution < 1.29 is 14.6 Å². The van der Waals surface area contributed by atoms with E-state index in [2.05, 4.69) is 4.99 Å². The molecule has 0 aliphatic carbocycles. The molecule has 1 aliphatic rings. The molecule has 0 bridgehead atoms. The van der Waals surface area contributed by atoms with Crippen molar-refractivity contribution in [2.75, 3.05) is 13.7 Å². The van der Waals surface area contributed by atoms with E-state index < -0.39 is 0 Å². The molecule has 0 radical (unpaired) electrons. The lowest BCUT2D eigenvalue weighted by molar-refractivity contribution is -0.122. The van der Waals surface area contributed by atoms with Gasteiger partial charge in [0.15, 0.2) is 16.7 Å². The van der Waals surface area contributed by atoms with Crippen LogP contribution in [0.5, 0.6) is 11.5 Å². The first kappa shape index (κ1) is 18.1. The van der Waals surface area contributed by atoms with Crippen LogP contribution >= 0.6 is 11.8 Å². The summed E-state index contributed by atoms with van der Waals surface area (Å²) < 4.78 is 5.13. The summed E-state index contributed by atoms with van der Waals surface area (Å²) in [5.74, 6) is 0.290. The molecule has 134 valence electrons. The van der Waals surface area contributed by atoms with Gasteiger partial charge in [-0.15, -0.1) is 0 Å². The van der Waals surface area contributed by atoms with Gasteiger partial charge in [0.25, 0.3) is 5.91 Å². The summed E-state index contributed by atoms with van der Waals surface area (Å²) in [7, 11) is 1.50. The van der Waals surface area contributed by atoms with Gasteiger partial charge in [-0.05, 0) is 42.5 Å². The number of carbonyl (C=O) groups excluding carboxylic acids is 1. The lowest BCUT2D eigenvalue weighted by atomic mass is 10.1. The summed E-state index contributed by atoms with van der Waals surface area (Å²) >= 11 is 1.31. The van der Waals surface area contributed by atoms with Gasteiger partial charge in [0.05, 0.1) is 17.7 Å². The minimum atomic E-state index is -0.103. The van der Waals surface area contributed by atoms with Crippen LogP contribution < -0.4 is 4.74 Å². The zero-order valence-corrected chi connectivity index (χ0v) is 15.5. The average Bonchev–Trinajstić information content (AvgIpc) is 2.93. The Morgan fingerprint density at radius 1 is 1.19 bits per heavy atom. The van der Waals surface area contributed by atoms with E-state index in [1.165, 1.54) is 18.9 Å². The summed E-state index contributed by atoms with van der Waals surface area (Å²) in [5, 5.41) is 10.9. The number of carbonyl (C=O) groups is 1. The number of amides is 1. The molecule has 5 nitrogen and oxygen atoms in total. The van der Waals surface area contributed by atoms with Crippen molar-refractivity contribution in [3.05, 3.63) is 59.0 Å². The number of aromatic hydroxyl groups is 1. The number of hydrogen-bond acceptors (Lipinski definition) is 5. The van der Waals surface area contributed by atoms with Gasteiger partial charge in [-0.25, -0.2) is 4.99 Å². The summed E-state index contributed by atoms with van der Waals surface area (Å²) in [4.78, 5) is 19.6. The maximum atomic E-state index is 12.8. The van der Waals surface area contributed by atoms with E-state index in [0.29, 0.717) is 27.9 Å². The molecule has 1 amide bonds. The number of hydrogen-bond donors (Lipinski definition) is 1. The summed E-state index contributed by atoms with van der Waals surface area (Å²) in [5.41, 5.74) is 1.34. The van der Waals surface area contributed by atoms with Crippen LogP contribution in [0.2, 0.25) is 0 Å². The Morgan fingerprint density at radius 3 is 2.65 bits per heavy atom. The van der Waals surface area contributed by atoms with Crippen LogP contribution in [0.1, 0.15) is 18.9 Å². The molecule has 26 heavy (non-hydrogen) atoms. The monoisotopic (exact) mass is 368 g/mol. The molecule has 1 aliphatic heterocycles. The zero-order valence-electron chi connectivity index (χ0n) is 14.7. The fourth-order valence-electron chi connectivity index (χ4n) is 2.59. The molecule has 0 saturated carbocycles. The predicted molar refractivity (Wildman–Crippen MR) is 106 cm³/mol. The first-order chi connectivity index (χ1) is 12.6. The third-order valence-electron chi connectivity index (χ3n) is 3.85. The van der Waals surface area contributed by atoms with Gasteiger partial charge in [0.2, 0.25) is 0 Å². The van der Waals surface area contributed by atoms with E-state index in [-0.39, 0.29) is 11.7 Å². The van der Waals surface area contributed by atoms with Gasteiger partial charge in [0, 0.05) is 12.1 Å². The minimum Gasteiger partial charge on any atom is -0.504 e. The molecule has 0 unspecified atom stereocenters. The molecule has 6 heteroatoms. The number of methoxy groups -OCH3 is 1. The number of benzene rings is 2. The zero-order chi connectivity index (χ0) is 18.5. The third kappa shape index (κ3) is 3.75. The highest BCUT2D eigenvalue weighted by molar-refractivity contribution is 8.18. The van der Waals surface area contributed by atoms with E-state index in [9.17, 15) is 9.90 Å². The second kappa shape index (κ2) is 8.10. The molecular weight excluding hydrogens is 348 g/mol. The second-order valence-electron chi connectivity index (χ2n) is 5.70. The number of thioether (sulfide) groups is 1. The first-order valence-corrected chi connectivity index (χ1v) is 9.16. The minimum absolute atomic E-state index is 0.0198. The Balaban J connectivity index is 1.97. The van der Waals surface area contributed by atoms with Crippen LogP contribution in [0.25, 0.3) is 6.08 Å². The van der Waals surface area contributed by atoms with Gasteiger partial charge in [0.1, 0.15) is 0 Å². The van der Waals surface area contributed by atoms with Crippen LogP contribution in [0.4, 0.5) is 5.69 Å². The summed E-state index contributed by atoms with van der Waals surface area (Å²) in [6.07, 6.45) is 2.51. The van der Waals surface area contributed by atoms with Gasteiger partial charge in [-0.2, -0.15) is 0 Å². The highest BCUT2D eigenvalue weighted by atomic mass is 32.2. The normalized spacial score (nSPS) is 17.3. The average molecular weight is 368 g/mol. The Morgan fingerprint density at radius 2 is 1.96 bits per heavy atom. The Bertz CT molecular complexity index is 863. The van der Waals surface area contributed by atoms with Crippen molar-refractivity contribution in [2.24, 2.45) is 4.99 Å². The van der Waals surface area contributed by atoms with E-state index in [4.69, 9.17) is 4.74 Å². The predicted octanol–water partition coefficient (Wildman–Crippen LogP) is 4.41. The van der Waals surface area contributed by atoms with Crippen LogP contribution in [0.15, 0.2) is 58.4 Å². The fraction of sp³-hybridized carbons (Fsp3) is 0.200. The van der Waals surface area contributed by atoms with Crippen molar-refractivity contribution in [1.29, 1.82) is 0 Å². The van der Waals surface area contributed by atoms with E-state index >= 15 is 0 Å². The number of amidine groups is 1.